The van der Waals surface area contributed by atoms with E-state index in [-0.39, 0.29) is 11.6 Å². The van der Waals surface area contributed by atoms with Crippen LogP contribution in [0.3, 0.4) is 0 Å². The third-order valence-corrected chi connectivity index (χ3v) is 4.43. The lowest BCUT2D eigenvalue weighted by Crippen LogP contribution is -2.28. The number of anilines is 2. The topological polar surface area (TPSA) is 105 Å². The van der Waals surface area contributed by atoms with E-state index in [4.69, 9.17) is 4.74 Å². The average molecular weight is 401 g/mol. The number of carbonyl (C=O) groups is 2. The second-order valence-electron chi connectivity index (χ2n) is 5.50. The molecule has 1 heterocycles. The summed E-state index contributed by atoms with van der Waals surface area (Å²) >= 11 is 1.05. The van der Waals surface area contributed by atoms with E-state index in [1.807, 2.05) is 0 Å². The number of hydrogen-bond acceptors (Lipinski definition) is 6. The van der Waals surface area contributed by atoms with Crippen molar-refractivity contribution in [3.8, 4) is 5.75 Å². The third-order valence-electron chi connectivity index (χ3n) is 3.51. The molecule has 3 aromatic rings. The molecule has 28 heavy (non-hydrogen) atoms. The fraction of sp³-hybridized carbons (Fsp3) is 0.111. The van der Waals surface area contributed by atoms with Crippen LogP contribution in [0, 0.1) is 5.82 Å². The summed E-state index contributed by atoms with van der Waals surface area (Å²) in [5.41, 5.74) is 1.05. The van der Waals surface area contributed by atoms with Gasteiger partial charge in [0.05, 0.1) is 13.7 Å². The lowest BCUT2D eigenvalue weighted by atomic mass is 10.3. The standard InChI is InChI=1S/C18H16FN5O3S/c1-27-14-8-6-13(7-9-14)22-18(26)20-10-15-23-24-17(28-15)16(25)21-12-4-2-11(19)3-5-12/h2-9H,10H2,1H3,(H,21,25)(H2,20,22,26). The quantitative estimate of drug-likeness (QED) is 0.588. The van der Waals surface area contributed by atoms with E-state index in [9.17, 15) is 14.0 Å². The molecule has 0 unspecified atom stereocenters. The maximum absolute atomic E-state index is 12.9. The second-order valence-corrected chi connectivity index (χ2v) is 6.56. The maximum Gasteiger partial charge on any atom is 0.319 e. The Morgan fingerprint density at radius 3 is 2.32 bits per heavy atom. The van der Waals surface area contributed by atoms with Gasteiger partial charge in [-0.15, -0.1) is 10.2 Å². The molecule has 8 nitrogen and oxygen atoms in total. The van der Waals surface area contributed by atoms with Gasteiger partial charge in [-0.05, 0) is 48.5 Å². The highest BCUT2D eigenvalue weighted by atomic mass is 32.1. The first-order valence-electron chi connectivity index (χ1n) is 8.11. The number of halogens is 1. The molecule has 3 amide bonds. The highest BCUT2D eigenvalue weighted by molar-refractivity contribution is 7.13. The van der Waals surface area contributed by atoms with Gasteiger partial charge in [0.25, 0.3) is 5.91 Å². The number of aromatic nitrogens is 2. The number of amides is 3. The van der Waals surface area contributed by atoms with Crippen molar-refractivity contribution in [2.45, 2.75) is 6.54 Å². The van der Waals surface area contributed by atoms with Crippen LogP contribution >= 0.6 is 11.3 Å². The fourth-order valence-electron chi connectivity index (χ4n) is 2.14. The lowest BCUT2D eigenvalue weighted by Gasteiger charge is -2.06. The molecule has 0 bridgehead atoms. The fourth-order valence-corrected chi connectivity index (χ4v) is 2.81. The van der Waals surface area contributed by atoms with Crippen molar-refractivity contribution >= 4 is 34.6 Å². The number of urea groups is 1. The summed E-state index contributed by atoms with van der Waals surface area (Å²) in [7, 11) is 1.56. The summed E-state index contributed by atoms with van der Waals surface area (Å²) in [5.74, 6) is -0.167. The minimum absolute atomic E-state index is 0.115. The SMILES string of the molecule is COc1ccc(NC(=O)NCc2nnc(C(=O)Nc3ccc(F)cc3)s2)cc1. The Morgan fingerprint density at radius 1 is 1.00 bits per heavy atom. The molecule has 0 saturated heterocycles. The zero-order valence-corrected chi connectivity index (χ0v) is 15.5. The van der Waals surface area contributed by atoms with Crippen LogP contribution in [0.25, 0.3) is 0 Å². The Labute approximate surface area is 163 Å². The maximum atomic E-state index is 12.9. The van der Waals surface area contributed by atoms with Crippen molar-refractivity contribution in [3.63, 3.8) is 0 Å². The van der Waals surface area contributed by atoms with Crippen LogP contribution in [0.4, 0.5) is 20.6 Å². The predicted octanol–water partition coefficient (Wildman–Crippen LogP) is 3.26. The number of rotatable bonds is 6. The van der Waals surface area contributed by atoms with E-state index in [1.54, 1.807) is 31.4 Å². The number of carbonyl (C=O) groups excluding carboxylic acids is 2. The van der Waals surface area contributed by atoms with E-state index in [2.05, 4.69) is 26.1 Å². The van der Waals surface area contributed by atoms with Crippen LogP contribution in [0.5, 0.6) is 5.75 Å². The van der Waals surface area contributed by atoms with Gasteiger partial charge in [-0.1, -0.05) is 11.3 Å². The van der Waals surface area contributed by atoms with Crippen LogP contribution in [0.15, 0.2) is 48.5 Å². The number of benzene rings is 2. The largest absolute Gasteiger partial charge is 0.497 e. The van der Waals surface area contributed by atoms with Crippen LogP contribution in [-0.4, -0.2) is 29.2 Å². The number of nitrogens with zero attached hydrogens (tertiary/aromatic N) is 2. The summed E-state index contributed by atoms with van der Waals surface area (Å²) < 4.78 is 17.9. The van der Waals surface area contributed by atoms with Gasteiger partial charge in [-0.3, -0.25) is 4.79 Å². The van der Waals surface area contributed by atoms with Crippen LogP contribution in [-0.2, 0) is 6.54 Å². The highest BCUT2D eigenvalue weighted by Crippen LogP contribution is 2.16. The monoisotopic (exact) mass is 401 g/mol. The van der Waals surface area contributed by atoms with Gasteiger partial charge in [-0.2, -0.15) is 0 Å². The Bertz CT molecular complexity index is 960. The van der Waals surface area contributed by atoms with Gasteiger partial charge < -0.3 is 20.7 Å². The molecule has 144 valence electrons. The van der Waals surface area contributed by atoms with Gasteiger partial charge in [0, 0.05) is 11.4 Å². The smallest absolute Gasteiger partial charge is 0.319 e. The molecular formula is C18H16FN5O3S. The second kappa shape index (κ2) is 8.91. The molecule has 0 aliphatic heterocycles. The van der Waals surface area contributed by atoms with E-state index in [1.165, 1.54) is 24.3 Å². The molecule has 0 saturated carbocycles. The molecule has 0 aliphatic carbocycles. The summed E-state index contributed by atoms with van der Waals surface area (Å²) in [5, 5.41) is 16.2. The molecular weight excluding hydrogens is 385 g/mol. The first kappa shape index (κ1) is 19.2. The summed E-state index contributed by atoms with van der Waals surface area (Å²) in [6, 6.07) is 11.8. The molecule has 0 fully saturated rings. The number of hydrogen-bond donors (Lipinski definition) is 3. The molecule has 3 N–H and O–H groups in total. The van der Waals surface area contributed by atoms with Gasteiger partial charge in [-0.25, -0.2) is 9.18 Å². The first-order valence-corrected chi connectivity index (χ1v) is 8.93. The van der Waals surface area contributed by atoms with Gasteiger partial charge >= 0.3 is 6.03 Å². The van der Waals surface area contributed by atoms with E-state index >= 15 is 0 Å². The predicted molar refractivity (Wildman–Crippen MR) is 103 cm³/mol. The molecule has 0 radical (unpaired) electrons. The first-order chi connectivity index (χ1) is 13.5. The number of nitrogens with one attached hydrogen (secondary N) is 3. The van der Waals surface area contributed by atoms with Crippen molar-refractivity contribution in [3.05, 3.63) is 64.4 Å². The Kier molecular flexibility index (Phi) is 6.12. The van der Waals surface area contributed by atoms with Crippen molar-refractivity contribution < 1.29 is 18.7 Å². The number of ether oxygens (including phenoxy) is 1. The summed E-state index contributed by atoms with van der Waals surface area (Å²) in [4.78, 5) is 24.1. The molecule has 0 aliphatic rings. The third kappa shape index (κ3) is 5.24. The van der Waals surface area contributed by atoms with Crippen LogP contribution in [0.1, 0.15) is 14.8 Å². The van der Waals surface area contributed by atoms with Gasteiger partial charge in [0.1, 0.15) is 16.6 Å². The summed E-state index contributed by atoms with van der Waals surface area (Å²) in [6.07, 6.45) is 0. The lowest BCUT2D eigenvalue weighted by molar-refractivity contribution is 0.102. The zero-order valence-electron chi connectivity index (χ0n) is 14.7. The average Bonchev–Trinajstić information content (AvgIpc) is 3.18. The molecule has 0 spiro atoms. The minimum atomic E-state index is -0.460. The molecule has 3 rings (SSSR count). The van der Waals surface area contributed by atoms with E-state index in [0.29, 0.717) is 22.1 Å². The van der Waals surface area contributed by atoms with Gasteiger partial charge in [0.2, 0.25) is 5.01 Å². The van der Waals surface area contributed by atoms with Crippen molar-refractivity contribution in [2.75, 3.05) is 17.7 Å². The highest BCUT2D eigenvalue weighted by Gasteiger charge is 2.14. The van der Waals surface area contributed by atoms with E-state index in [0.717, 1.165) is 11.3 Å². The van der Waals surface area contributed by atoms with E-state index < -0.39 is 17.8 Å². The minimum Gasteiger partial charge on any atom is -0.497 e. The van der Waals surface area contributed by atoms with Crippen LogP contribution in [0.2, 0.25) is 0 Å². The Morgan fingerprint density at radius 2 is 1.64 bits per heavy atom. The Hall–Kier alpha value is -3.53. The van der Waals surface area contributed by atoms with Crippen molar-refractivity contribution in [2.24, 2.45) is 0 Å². The molecule has 2 aromatic carbocycles. The van der Waals surface area contributed by atoms with Crippen LogP contribution < -0.4 is 20.7 Å². The normalized spacial score (nSPS) is 10.2. The molecule has 0 atom stereocenters. The number of methoxy groups -OCH3 is 1. The summed E-state index contributed by atoms with van der Waals surface area (Å²) in [6.45, 7) is 0.115. The van der Waals surface area contributed by atoms with Crippen molar-refractivity contribution in [1.82, 2.24) is 15.5 Å². The zero-order chi connectivity index (χ0) is 19.9. The molecule has 1 aromatic heterocycles. The van der Waals surface area contributed by atoms with Gasteiger partial charge in [0.15, 0.2) is 0 Å². The Balaban J connectivity index is 1.50. The molecule has 10 heteroatoms. The van der Waals surface area contributed by atoms with Crippen molar-refractivity contribution in [1.29, 1.82) is 0 Å².